The zero-order chi connectivity index (χ0) is 21.3. The number of halogens is 1. The summed E-state index contributed by atoms with van der Waals surface area (Å²) in [5.41, 5.74) is 3.50. The van der Waals surface area contributed by atoms with Crippen LogP contribution in [0, 0.1) is 13.8 Å². The number of thioether (sulfide) groups is 1. The Morgan fingerprint density at radius 2 is 1.93 bits per heavy atom. The van der Waals surface area contributed by atoms with Crippen molar-refractivity contribution in [3.05, 3.63) is 57.8 Å². The van der Waals surface area contributed by atoms with Gasteiger partial charge in [0.25, 0.3) is 0 Å². The number of aryl methyl sites for hydroxylation is 2. The summed E-state index contributed by atoms with van der Waals surface area (Å²) in [6.07, 6.45) is 4.54. The molecular formula is C23H30BrN3O2S. The maximum absolute atomic E-state index is 13.1. The van der Waals surface area contributed by atoms with E-state index < -0.39 is 0 Å². The van der Waals surface area contributed by atoms with Crippen molar-refractivity contribution in [3.8, 4) is 0 Å². The zero-order valence-electron chi connectivity index (χ0n) is 17.8. The molecule has 7 heteroatoms. The number of carbonyl (C=O) groups excluding carboxylic acids is 1. The highest BCUT2D eigenvalue weighted by molar-refractivity contribution is 9.10. The Morgan fingerprint density at radius 3 is 2.67 bits per heavy atom. The van der Waals surface area contributed by atoms with Crippen molar-refractivity contribution in [2.45, 2.75) is 31.7 Å². The van der Waals surface area contributed by atoms with Gasteiger partial charge in [-0.2, -0.15) is 0 Å². The molecule has 30 heavy (non-hydrogen) atoms. The van der Waals surface area contributed by atoms with Crippen LogP contribution < -0.4 is 0 Å². The van der Waals surface area contributed by atoms with Gasteiger partial charge < -0.3 is 9.64 Å². The summed E-state index contributed by atoms with van der Waals surface area (Å²) >= 11 is 5.21. The van der Waals surface area contributed by atoms with E-state index in [-0.39, 0.29) is 5.91 Å². The average Bonchev–Trinajstić information content (AvgIpc) is 2.76. The number of nitrogens with zero attached hydrogens (tertiary/aromatic N) is 3. The molecular weight excluding hydrogens is 462 g/mol. The smallest absolute Gasteiger partial charge is 0.233 e. The summed E-state index contributed by atoms with van der Waals surface area (Å²) in [6.45, 7) is 10.1. The van der Waals surface area contributed by atoms with E-state index in [2.05, 4.69) is 51.8 Å². The molecule has 162 valence electrons. The Kier molecular flexibility index (Phi) is 9.18. The average molecular weight is 492 g/mol. The number of aromatic nitrogens is 1. The molecule has 1 amide bonds. The van der Waals surface area contributed by atoms with Crippen LogP contribution in [0.15, 0.2) is 46.0 Å². The monoisotopic (exact) mass is 491 g/mol. The Labute approximate surface area is 192 Å². The van der Waals surface area contributed by atoms with Crippen LogP contribution in [-0.4, -0.2) is 65.8 Å². The van der Waals surface area contributed by atoms with Crippen LogP contribution in [-0.2, 0) is 16.1 Å². The molecule has 1 aliphatic heterocycles. The lowest BCUT2D eigenvalue weighted by Gasteiger charge is -2.28. The molecule has 0 spiro atoms. The number of carbonyl (C=O) groups is 1. The molecule has 0 aliphatic carbocycles. The maximum atomic E-state index is 13.1. The van der Waals surface area contributed by atoms with Crippen LogP contribution >= 0.6 is 27.7 Å². The highest BCUT2D eigenvalue weighted by atomic mass is 79.9. The summed E-state index contributed by atoms with van der Waals surface area (Å²) in [5, 5.41) is 0. The molecule has 1 aromatic heterocycles. The summed E-state index contributed by atoms with van der Waals surface area (Å²) in [4.78, 5) is 22.8. The molecule has 5 nitrogen and oxygen atoms in total. The van der Waals surface area contributed by atoms with Gasteiger partial charge in [0.2, 0.25) is 5.91 Å². The highest BCUT2D eigenvalue weighted by Gasteiger charge is 2.17. The van der Waals surface area contributed by atoms with Crippen molar-refractivity contribution in [2.75, 3.05) is 45.1 Å². The lowest BCUT2D eigenvalue weighted by atomic mass is 10.2. The molecule has 3 rings (SSSR count). The second kappa shape index (κ2) is 11.8. The minimum atomic E-state index is 0.179. The van der Waals surface area contributed by atoms with Gasteiger partial charge in [0, 0.05) is 54.5 Å². The standard InChI is InChI=1S/C23H30BrN3O2S/c1-18-15-22(19(2)14-21(18)24)30-17-23(28)27(16-20-4-6-25-7-5-20)9-3-8-26-10-12-29-13-11-26/h4-7,14-15H,3,8-13,16-17H2,1-2H3. The number of benzene rings is 1. The number of amides is 1. The molecule has 2 aromatic rings. The third kappa shape index (κ3) is 7.08. The quantitative estimate of drug-likeness (QED) is 0.489. The number of hydrogen-bond donors (Lipinski definition) is 0. The zero-order valence-corrected chi connectivity index (χ0v) is 20.2. The van der Waals surface area contributed by atoms with Crippen molar-refractivity contribution in [3.63, 3.8) is 0 Å². The highest BCUT2D eigenvalue weighted by Crippen LogP contribution is 2.28. The molecule has 0 bridgehead atoms. The van der Waals surface area contributed by atoms with Crippen molar-refractivity contribution in [1.82, 2.24) is 14.8 Å². The molecule has 1 saturated heterocycles. The first-order chi connectivity index (χ1) is 14.5. The summed E-state index contributed by atoms with van der Waals surface area (Å²) in [7, 11) is 0. The van der Waals surface area contributed by atoms with Gasteiger partial charge in [0.05, 0.1) is 19.0 Å². The fourth-order valence-electron chi connectivity index (χ4n) is 3.45. The van der Waals surface area contributed by atoms with E-state index in [1.807, 2.05) is 17.0 Å². The molecule has 0 N–H and O–H groups in total. The van der Waals surface area contributed by atoms with Gasteiger partial charge in [-0.25, -0.2) is 0 Å². The van der Waals surface area contributed by atoms with Crippen molar-refractivity contribution >= 4 is 33.6 Å². The van der Waals surface area contributed by atoms with E-state index >= 15 is 0 Å². The van der Waals surface area contributed by atoms with Crippen LogP contribution in [0.4, 0.5) is 0 Å². The third-order valence-corrected chi connectivity index (χ3v) is 7.29. The number of morpholine rings is 1. The van der Waals surface area contributed by atoms with Crippen LogP contribution in [0.5, 0.6) is 0 Å². The molecule has 1 aromatic carbocycles. The molecule has 0 radical (unpaired) electrons. The number of hydrogen-bond acceptors (Lipinski definition) is 5. The fraction of sp³-hybridized carbons (Fsp3) is 0.478. The second-order valence-corrected chi connectivity index (χ2v) is 9.51. The molecule has 1 fully saturated rings. The number of rotatable bonds is 9. The van der Waals surface area contributed by atoms with Crippen molar-refractivity contribution in [1.29, 1.82) is 0 Å². The lowest BCUT2D eigenvalue weighted by molar-refractivity contribution is -0.129. The summed E-state index contributed by atoms with van der Waals surface area (Å²) < 4.78 is 6.54. The van der Waals surface area contributed by atoms with Crippen LogP contribution in [0.2, 0.25) is 0 Å². The van der Waals surface area contributed by atoms with Gasteiger partial charge in [0.1, 0.15) is 0 Å². The minimum Gasteiger partial charge on any atom is -0.379 e. The second-order valence-electron chi connectivity index (χ2n) is 7.63. The van der Waals surface area contributed by atoms with Gasteiger partial charge in [-0.3, -0.25) is 14.7 Å². The summed E-state index contributed by atoms with van der Waals surface area (Å²) in [5.74, 6) is 0.628. The van der Waals surface area contributed by atoms with Gasteiger partial charge in [-0.05, 0) is 61.2 Å². The Morgan fingerprint density at radius 1 is 1.20 bits per heavy atom. The normalized spacial score (nSPS) is 14.6. The van der Waals surface area contributed by atoms with Crippen molar-refractivity contribution in [2.24, 2.45) is 0 Å². The van der Waals surface area contributed by atoms with Crippen LogP contribution in [0.25, 0.3) is 0 Å². The van der Waals surface area contributed by atoms with E-state index in [1.165, 1.54) is 16.0 Å². The van der Waals surface area contributed by atoms with Gasteiger partial charge in [0.15, 0.2) is 0 Å². The molecule has 1 aliphatic rings. The van der Waals surface area contributed by atoms with Crippen LogP contribution in [0.1, 0.15) is 23.1 Å². The van der Waals surface area contributed by atoms with E-state index in [0.29, 0.717) is 12.3 Å². The molecule has 0 saturated carbocycles. The van der Waals surface area contributed by atoms with E-state index in [9.17, 15) is 4.79 Å². The first-order valence-electron chi connectivity index (χ1n) is 10.4. The van der Waals surface area contributed by atoms with E-state index in [1.54, 1.807) is 24.2 Å². The SMILES string of the molecule is Cc1cc(SCC(=O)N(CCCN2CCOCC2)Cc2ccncc2)c(C)cc1Br. The van der Waals surface area contributed by atoms with Gasteiger partial charge in [-0.15, -0.1) is 11.8 Å². The Bertz CT molecular complexity index is 829. The number of pyridine rings is 1. The van der Waals surface area contributed by atoms with E-state index in [4.69, 9.17) is 4.74 Å². The van der Waals surface area contributed by atoms with Gasteiger partial charge in [-0.1, -0.05) is 15.9 Å². The van der Waals surface area contributed by atoms with Gasteiger partial charge >= 0.3 is 0 Å². The first kappa shape index (κ1) is 23.3. The summed E-state index contributed by atoms with van der Waals surface area (Å²) in [6, 6.07) is 8.25. The molecule has 0 atom stereocenters. The largest absolute Gasteiger partial charge is 0.379 e. The maximum Gasteiger partial charge on any atom is 0.233 e. The predicted molar refractivity (Wildman–Crippen MR) is 126 cm³/mol. The lowest BCUT2D eigenvalue weighted by Crippen LogP contribution is -2.39. The molecule has 0 unspecified atom stereocenters. The predicted octanol–water partition coefficient (Wildman–Crippen LogP) is 4.30. The Hall–Kier alpha value is -1.41. The minimum absolute atomic E-state index is 0.179. The topological polar surface area (TPSA) is 45.7 Å². The van der Waals surface area contributed by atoms with E-state index in [0.717, 1.165) is 55.8 Å². The number of ether oxygens (including phenoxy) is 1. The van der Waals surface area contributed by atoms with Crippen molar-refractivity contribution < 1.29 is 9.53 Å². The fourth-order valence-corrected chi connectivity index (χ4v) is 4.92. The van der Waals surface area contributed by atoms with Crippen LogP contribution in [0.3, 0.4) is 0 Å². The third-order valence-electron chi connectivity index (χ3n) is 5.29. The Balaban J connectivity index is 1.59. The molecule has 2 heterocycles. The first-order valence-corrected chi connectivity index (χ1v) is 12.2.